The summed E-state index contributed by atoms with van der Waals surface area (Å²) in [6, 6.07) is 15.1. The Morgan fingerprint density at radius 3 is 2.04 bits per heavy atom. The molecule has 0 heterocycles. The first-order chi connectivity index (χ1) is 13.5. The zero-order valence-corrected chi connectivity index (χ0v) is 16.6. The van der Waals surface area contributed by atoms with E-state index in [1.54, 1.807) is 0 Å². The van der Waals surface area contributed by atoms with Gasteiger partial charge >= 0.3 is 12.1 Å². The van der Waals surface area contributed by atoms with Crippen molar-refractivity contribution < 1.29 is 19.4 Å². The van der Waals surface area contributed by atoms with Gasteiger partial charge in [-0.05, 0) is 42.5 Å². The molecule has 1 aliphatic rings. The molecule has 1 N–H and O–H groups in total. The number of rotatable bonds is 7. The fraction of sp³-hybridized carbons (Fsp3) is 0.391. The highest BCUT2D eigenvalue weighted by Crippen LogP contribution is 2.44. The van der Waals surface area contributed by atoms with Crippen molar-refractivity contribution in [2.75, 3.05) is 6.61 Å². The minimum atomic E-state index is -0.996. The third-order valence-electron chi connectivity index (χ3n) is 5.29. The van der Waals surface area contributed by atoms with E-state index < -0.39 is 18.1 Å². The highest BCUT2D eigenvalue weighted by Gasteiger charge is 2.34. The monoisotopic (exact) mass is 381 g/mol. The van der Waals surface area contributed by atoms with Crippen LogP contribution in [-0.2, 0) is 9.53 Å². The zero-order valence-electron chi connectivity index (χ0n) is 16.6. The summed E-state index contributed by atoms with van der Waals surface area (Å²) in [5, 5.41) is 9.56. The van der Waals surface area contributed by atoms with Crippen molar-refractivity contribution in [1.29, 1.82) is 0 Å². The van der Waals surface area contributed by atoms with Crippen molar-refractivity contribution >= 4 is 12.1 Å². The van der Waals surface area contributed by atoms with Gasteiger partial charge in [-0.1, -0.05) is 61.9 Å². The van der Waals surface area contributed by atoms with Gasteiger partial charge in [0, 0.05) is 12.0 Å². The molecule has 1 unspecified atom stereocenters. The Morgan fingerprint density at radius 1 is 1.04 bits per heavy atom. The molecule has 0 bridgehead atoms. The number of ether oxygens (including phenoxy) is 1. The summed E-state index contributed by atoms with van der Waals surface area (Å²) < 4.78 is 5.66. The maximum Gasteiger partial charge on any atom is 0.410 e. The van der Waals surface area contributed by atoms with Gasteiger partial charge in [0.1, 0.15) is 12.6 Å². The molecule has 28 heavy (non-hydrogen) atoms. The number of nitrogens with zero attached hydrogens (tertiary/aromatic N) is 1. The molecule has 5 nitrogen and oxygen atoms in total. The molecular weight excluding hydrogens is 354 g/mol. The lowest BCUT2D eigenvalue weighted by atomic mass is 9.98. The second kappa shape index (κ2) is 8.46. The molecule has 0 fully saturated rings. The van der Waals surface area contributed by atoms with Crippen LogP contribution >= 0.6 is 0 Å². The van der Waals surface area contributed by atoms with E-state index in [9.17, 15) is 14.7 Å². The number of benzene rings is 2. The third kappa shape index (κ3) is 3.75. The molecule has 1 amide bonds. The number of carboxylic acids is 1. The lowest BCUT2D eigenvalue weighted by Crippen LogP contribution is -2.49. The van der Waals surface area contributed by atoms with Crippen LogP contribution in [0.1, 0.15) is 50.7 Å². The van der Waals surface area contributed by atoms with Gasteiger partial charge in [0.15, 0.2) is 0 Å². The fourth-order valence-corrected chi connectivity index (χ4v) is 4.02. The molecule has 1 aliphatic carbocycles. The van der Waals surface area contributed by atoms with Gasteiger partial charge in [-0.2, -0.15) is 0 Å². The van der Waals surface area contributed by atoms with Gasteiger partial charge in [0.2, 0.25) is 0 Å². The number of amides is 1. The van der Waals surface area contributed by atoms with Crippen LogP contribution in [-0.4, -0.2) is 40.8 Å². The fourth-order valence-electron chi connectivity index (χ4n) is 4.02. The molecule has 1 atom stereocenters. The van der Waals surface area contributed by atoms with Crippen LogP contribution < -0.4 is 0 Å². The molecule has 148 valence electrons. The number of hydrogen-bond acceptors (Lipinski definition) is 3. The standard InChI is InChI=1S/C23H27NO4/c1-4-9-21(22(25)26)24(15(2)3)23(27)28-14-20-18-12-7-5-10-16(18)17-11-6-8-13-19(17)20/h5-8,10-13,15,20-21H,4,9,14H2,1-3H3,(H,25,26). The largest absolute Gasteiger partial charge is 0.480 e. The van der Waals surface area contributed by atoms with Crippen molar-refractivity contribution in [2.24, 2.45) is 0 Å². The van der Waals surface area contributed by atoms with Crippen molar-refractivity contribution in [3.05, 3.63) is 59.7 Å². The Kier molecular flexibility index (Phi) is 6.02. The molecule has 2 aromatic rings. The maximum atomic E-state index is 12.8. The number of carbonyl (C=O) groups is 2. The second-order valence-corrected chi connectivity index (χ2v) is 7.45. The highest BCUT2D eigenvalue weighted by atomic mass is 16.6. The number of carboxylic acid groups (broad SMARTS) is 1. The van der Waals surface area contributed by atoms with Crippen LogP contribution in [0.5, 0.6) is 0 Å². The van der Waals surface area contributed by atoms with Crippen LogP contribution in [0.4, 0.5) is 4.79 Å². The van der Waals surface area contributed by atoms with Crippen LogP contribution in [0, 0.1) is 0 Å². The topological polar surface area (TPSA) is 66.8 Å². The molecule has 0 saturated carbocycles. The quantitative estimate of drug-likeness (QED) is 0.741. The van der Waals surface area contributed by atoms with E-state index in [-0.39, 0.29) is 18.6 Å². The minimum absolute atomic E-state index is 0.0418. The second-order valence-electron chi connectivity index (χ2n) is 7.45. The van der Waals surface area contributed by atoms with E-state index in [4.69, 9.17) is 4.74 Å². The lowest BCUT2D eigenvalue weighted by Gasteiger charge is -2.32. The Bertz CT molecular complexity index is 816. The number of hydrogen-bond donors (Lipinski definition) is 1. The minimum Gasteiger partial charge on any atom is -0.480 e. The van der Waals surface area contributed by atoms with Gasteiger partial charge in [-0.25, -0.2) is 9.59 Å². The van der Waals surface area contributed by atoms with E-state index in [0.29, 0.717) is 12.8 Å². The summed E-state index contributed by atoms with van der Waals surface area (Å²) in [5.41, 5.74) is 4.59. The van der Waals surface area contributed by atoms with Crippen molar-refractivity contribution in [2.45, 2.75) is 51.6 Å². The average Bonchev–Trinajstić information content (AvgIpc) is 2.99. The Morgan fingerprint density at radius 2 is 1.57 bits per heavy atom. The van der Waals surface area contributed by atoms with E-state index in [1.165, 1.54) is 4.90 Å². The number of fused-ring (bicyclic) bond motifs is 3. The van der Waals surface area contributed by atoms with E-state index in [2.05, 4.69) is 24.3 Å². The summed E-state index contributed by atoms with van der Waals surface area (Å²) in [5.74, 6) is -1.04. The molecule has 0 aliphatic heterocycles. The molecule has 3 rings (SSSR count). The van der Waals surface area contributed by atoms with Gasteiger partial charge in [0.05, 0.1) is 0 Å². The molecule has 0 spiro atoms. The van der Waals surface area contributed by atoms with Crippen LogP contribution in [0.3, 0.4) is 0 Å². The predicted octanol–water partition coefficient (Wildman–Crippen LogP) is 4.90. The first-order valence-corrected chi connectivity index (χ1v) is 9.81. The molecule has 2 aromatic carbocycles. The SMILES string of the molecule is CCCC(C(=O)O)N(C(=O)OCC1c2ccccc2-c2ccccc21)C(C)C. The summed E-state index contributed by atoms with van der Waals surface area (Å²) in [6.07, 6.45) is 0.506. The first-order valence-electron chi connectivity index (χ1n) is 9.81. The normalized spacial score (nSPS) is 13.7. The van der Waals surface area contributed by atoms with Crippen LogP contribution in [0.15, 0.2) is 48.5 Å². The van der Waals surface area contributed by atoms with E-state index in [0.717, 1.165) is 22.3 Å². The lowest BCUT2D eigenvalue weighted by molar-refractivity contribution is -0.143. The highest BCUT2D eigenvalue weighted by molar-refractivity contribution is 5.81. The van der Waals surface area contributed by atoms with Crippen molar-refractivity contribution in [3.8, 4) is 11.1 Å². The van der Waals surface area contributed by atoms with Crippen molar-refractivity contribution in [1.82, 2.24) is 4.90 Å². The molecular formula is C23H27NO4. The molecule has 0 saturated heterocycles. The van der Waals surface area contributed by atoms with Crippen LogP contribution in [0.25, 0.3) is 11.1 Å². The van der Waals surface area contributed by atoms with Gasteiger partial charge in [0.25, 0.3) is 0 Å². The molecule has 0 aromatic heterocycles. The third-order valence-corrected chi connectivity index (χ3v) is 5.29. The van der Waals surface area contributed by atoms with Gasteiger partial charge < -0.3 is 9.84 Å². The molecule has 0 radical (unpaired) electrons. The average molecular weight is 381 g/mol. The van der Waals surface area contributed by atoms with Crippen molar-refractivity contribution in [3.63, 3.8) is 0 Å². The first kappa shape index (κ1) is 19.9. The van der Waals surface area contributed by atoms with Gasteiger partial charge in [-0.15, -0.1) is 0 Å². The van der Waals surface area contributed by atoms with E-state index in [1.807, 2.05) is 45.0 Å². The Hall–Kier alpha value is -2.82. The van der Waals surface area contributed by atoms with Crippen LogP contribution in [0.2, 0.25) is 0 Å². The summed E-state index contributed by atoms with van der Waals surface area (Å²) in [6.45, 7) is 5.72. The maximum absolute atomic E-state index is 12.8. The Balaban J connectivity index is 1.81. The smallest absolute Gasteiger partial charge is 0.410 e. The summed E-state index contributed by atoms with van der Waals surface area (Å²) in [4.78, 5) is 25.9. The predicted molar refractivity (Wildman–Crippen MR) is 108 cm³/mol. The Labute approximate surface area is 165 Å². The summed E-state index contributed by atoms with van der Waals surface area (Å²) in [7, 11) is 0. The number of carbonyl (C=O) groups excluding carboxylic acids is 1. The van der Waals surface area contributed by atoms with Gasteiger partial charge in [-0.3, -0.25) is 4.90 Å². The zero-order chi connectivity index (χ0) is 20.3. The number of aliphatic carboxylic acids is 1. The molecule has 5 heteroatoms. The summed E-state index contributed by atoms with van der Waals surface area (Å²) >= 11 is 0. The van der Waals surface area contributed by atoms with E-state index >= 15 is 0 Å².